The number of nitrogens with zero attached hydrogens (tertiary/aromatic N) is 1. The number of anilines is 2. The molecule has 0 aliphatic carbocycles. The minimum absolute atomic E-state index is 0.0651. The van der Waals surface area contributed by atoms with Gasteiger partial charge in [-0.15, -0.1) is 0 Å². The fourth-order valence-corrected chi connectivity index (χ4v) is 4.97. The minimum atomic E-state index is -3.73. The van der Waals surface area contributed by atoms with Crippen molar-refractivity contribution in [3.8, 4) is 0 Å². The lowest BCUT2D eigenvalue weighted by atomic mass is 10.2. The van der Waals surface area contributed by atoms with E-state index in [0.29, 0.717) is 24.5 Å². The molecule has 0 unspecified atom stereocenters. The number of carbonyl (C=O) groups is 2. The highest BCUT2D eigenvalue weighted by Gasteiger charge is 2.29. The second-order valence-corrected chi connectivity index (χ2v) is 8.78. The first-order valence-electron chi connectivity index (χ1n) is 8.76. The molecule has 2 aromatic carbocycles. The zero-order valence-electron chi connectivity index (χ0n) is 15.2. The summed E-state index contributed by atoms with van der Waals surface area (Å²) < 4.78 is 27.0. The Balaban J connectivity index is 1.80. The molecule has 0 radical (unpaired) electrons. The fourth-order valence-electron chi connectivity index (χ4n) is 2.95. The second-order valence-electron chi connectivity index (χ2n) is 6.47. The van der Waals surface area contributed by atoms with Crippen molar-refractivity contribution in [3.05, 3.63) is 53.1 Å². The number of halogens is 1. The Morgan fingerprint density at radius 3 is 2.11 bits per heavy atom. The molecule has 1 fully saturated rings. The zero-order valence-corrected chi connectivity index (χ0v) is 16.8. The van der Waals surface area contributed by atoms with Gasteiger partial charge in [-0.3, -0.25) is 9.59 Å². The van der Waals surface area contributed by atoms with Gasteiger partial charge in [0, 0.05) is 37.0 Å². The average Bonchev–Trinajstić information content (AvgIpc) is 3.18. The summed E-state index contributed by atoms with van der Waals surface area (Å²) in [5.41, 5.74) is 1.31. The lowest BCUT2D eigenvalue weighted by Crippen LogP contribution is -2.28. The quantitative estimate of drug-likeness (QED) is 0.773. The van der Waals surface area contributed by atoms with Gasteiger partial charge in [0.1, 0.15) is 4.90 Å². The van der Waals surface area contributed by atoms with Crippen LogP contribution in [0.15, 0.2) is 47.4 Å². The highest BCUT2D eigenvalue weighted by atomic mass is 35.5. The lowest BCUT2D eigenvalue weighted by molar-refractivity contribution is -0.114. The topological polar surface area (TPSA) is 95.6 Å². The van der Waals surface area contributed by atoms with E-state index in [1.54, 1.807) is 24.3 Å². The second kappa shape index (κ2) is 8.30. The maximum absolute atomic E-state index is 12.8. The lowest BCUT2D eigenvalue weighted by Gasteiger charge is -2.17. The molecule has 1 aliphatic rings. The molecule has 0 spiro atoms. The first-order chi connectivity index (χ1) is 13.3. The third kappa shape index (κ3) is 4.52. The number of benzene rings is 2. The monoisotopic (exact) mass is 421 g/mol. The Morgan fingerprint density at radius 1 is 0.964 bits per heavy atom. The van der Waals surface area contributed by atoms with Crippen molar-refractivity contribution in [1.82, 2.24) is 4.31 Å². The van der Waals surface area contributed by atoms with Gasteiger partial charge in [-0.25, -0.2) is 8.42 Å². The minimum Gasteiger partial charge on any atom is -0.326 e. The number of nitrogens with one attached hydrogen (secondary N) is 2. The fraction of sp³-hybridized carbons (Fsp3) is 0.263. The van der Waals surface area contributed by atoms with E-state index in [4.69, 9.17) is 11.6 Å². The van der Waals surface area contributed by atoms with Crippen LogP contribution in [0.5, 0.6) is 0 Å². The van der Waals surface area contributed by atoms with Crippen LogP contribution in [0.25, 0.3) is 0 Å². The maximum atomic E-state index is 12.8. The highest BCUT2D eigenvalue weighted by molar-refractivity contribution is 7.89. The van der Waals surface area contributed by atoms with Gasteiger partial charge >= 0.3 is 0 Å². The zero-order chi connectivity index (χ0) is 20.3. The SMILES string of the molecule is CC(=O)Nc1ccc(NC(=O)c2ccc(Cl)c(S(=O)(=O)N3CCCC3)c2)cc1. The largest absolute Gasteiger partial charge is 0.326 e. The summed E-state index contributed by atoms with van der Waals surface area (Å²) in [4.78, 5) is 23.5. The molecule has 0 saturated carbocycles. The highest BCUT2D eigenvalue weighted by Crippen LogP contribution is 2.28. The van der Waals surface area contributed by atoms with E-state index >= 15 is 0 Å². The summed E-state index contributed by atoms with van der Waals surface area (Å²) in [6.07, 6.45) is 1.62. The number of hydrogen-bond donors (Lipinski definition) is 2. The maximum Gasteiger partial charge on any atom is 0.255 e. The summed E-state index contributed by atoms with van der Waals surface area (Å²) in [6.45, 7) is 2.31. The number of hydrogen-bond acceptors (Lipinski definition) is 4. The summed E-state index contributed by atoms with van der Waals surface area (Å²) >= 11 is 6.11. The van der Waals surface area contributed by atoms with Crippen LogP contribution in [0.4, 0.5) is 11.4 Å². The molecule has 7 nitrogen and oxygen atoms in total. The van der Waals surface area contributed by atoms with Crippen LogP contribution >= 0.6 is 11.6 Å². The molecule has 2 N–H and O–H groups in total. The Bertz CT molecular complexity index is 1000. The molecule has 1 heterocycles. The van der Waals surface area contributed by atoms with Crippen LogP contribution in [0.3, 0.4) is 0 Å². The van der Waals surface area contributed by atoms with E-state index in [2.05, 4.69) is 10.6 Å². The number of sulfonamides is 1. The van der Waals surface area contributed by atoms with Gasteiger partial charge in [0.2, 0.25) is 15.9 Å². The summed E-state index contributed by atoms with van der Waals surface area (Å²) in [5, 5.41) is 5.43. The molecular weight excluding hydrogens is 402 g/mol. The molecular formula is C19H20ClN3O4S. The van der Waals surface area contributed by atoms with Crippen LogP contribution in [0.2, 0.25) is 5.02 Å². The van der Waals surface area contributed by atoms with Gasteiger partial charge in [-0.1, -0.05) is 11.6 Å². The molecule has 3 rings (SSSR count). The van der Waals surface area contributed by atoms with E-state index in [1.807, 2.05) is 0 Å². The van der Waals surface area contributed by atoms with Gasteiger partial charge in [0.05, 0.1) is 5.02 Å². The third-order valence-corrected chi connectivity index (χ3v) is 6.72. The molecule has 2 aromatic rings. The first-order valence-corrected chi connectivity index (χ1v) is 10.6. The Kier molecular flexibility index (Phi) is 6.02. The summed E-state index contributed by atoms with van der Waals surface area (Å²) in [7, 11) is -3.73. The molecule has 1 aliphatic heterocycles. The normalized spacial score (nSPS) is 14.6. The van der Waals surface area contributed by atoms with E-state index in [9.17, 15) is 18.0 Å². The Hall–Kier alpha value is -2.42. The van der Waals surface area contributed by atoms with Gasteiger partial charge in [0.15, 0.2) is 0 Å². The van der Waals surface area contributed by atoms with Crippen molar-refractivity contribution in [1.29, 1.82) is 0 Å². The van der Waals surface area contributed by atoms with Crippen molar-refractivity contribution >= 4 is 44.8 Å². The van der Waals surface area contributed by atoms with E-state index in [0.717, 1.165) is 12.8 Å². The van der Waals surface area contributed by atoms with E-state index in [1.165, 1.54) is 29.4 Å². The predicted octanol–water partition coefficient (Wildman–Crippen LogP) is 3.34. The predicted molar refractivity (Wildman–Crippen MR) is 108 cm³/mol. The van der Waals surface area contributed by atoms with Crippen molar-refractivity contribution in [3.63, 3.8) is 0 Å². The average molecular weight is 422 g/mol. The van der Waals surface area contributed by atoms with Crippen LogP contribution in [0.1, 0.15) is 30.1 Å². The van der Waals surface area contributed by atoms with Crippen molar-refractivity contribution in [2.24, 2.45) is 0 Å². The van der Waals surface area contributed by atoms with Gasteiger partial charge in [0.25, 0.3) is 5.91 Å². The molecule has 28 heavy (non-hydrogen) atoms. The molecule has 0 aromatic heterocycles. The molecule has 0 bridgehead atoms. The standard InChI is InChI=1S/C19H20ClN3O4S/c1-13(24)21-15-5-7-16(8-6-15)22-19(25)14-4-9-17(20)18(12-14)28(26,27)23-10-2-3-11-23/h4-9,12H,2-3,10-11H2,1H3,(H,21,24)(H,22,25). The summed E-state index contributed by atoms with van der Waals surface area (Å²) in [5.74, 6) is -0.647. The van der Waals surface area contributed by atoms with Gasteiger partial charge in [-0.2, -0.15) is 4.31 Å². The summed E-state index contributed by atoms with van der Waals surface area (Å²) in [6, 6.07) is 10.8. The first kappa shape index (κ1) is 20.3. The van der Waals surface area contributed by atoms with Crippen LogP contribution in [0, 0.1) is 0 Å². The van der Waals surface area contributed by atoms with Crippen molar-refractivity contribution in [2.75, 3.05) is 23.7 Å². The smallest absolute Gasteiger partial charge is 0.255 e. The Morgan fingerprint density at radius 2 is 1.54 bits per heavy atom. The number of carbonyl (C=O) groups excluding carboxylic acids is 2. The number of rotatable bonds is 5. The molecule has 2 amide bonds. The van der Waals surface area contributed by atoms with Crippen molar-refractivity contribution in [2.45, 2.75) is 24.7 Å². The van der Waals surface area contributed by atoms with Crippen LogP contribution in [-0.2, 0) is 14.8 Å². The van der Waals surface area contributed by atoms with Gasteiger partial charge < -0.3 is 10.6 Å². The third-order valence-electron chi connectivity index (χ3n) is 4.34. The van der Waals surface area contributed by atoms with E-state index in [-0.39, 0.29) is 21.4 Å². The van der Waals surface area contributed by atoms with Crippen molar-refractivity contribution < 1.29 is 18.0 Å². The van der Waals surface area contributed by atoms with Crippen LogP contribution in [-0.4, -0.2) is 37.6 Å². The molecule has 148 valence electrons. The van der Waals surface area contributed by atoms with Crippen LogP contribution < -0.4 is 10.6 Å². The van der Waals surface area contributed by atoms with E-state index < -0.39 is 15.9 Å². The molecule has 1 saturated heterocycles. The number of amides is 2. The Labute approximate surface area is 168 Å². The van der Waals surface area contributed by atoms with Gasteiger partial charge in [-0.05, 0) is 55.3 Å². The molecule has 9 heteroatoms. The molecule has 0 atom stereocenters.